The highest BCUT2D eigenvalue weighted by atomic mass is 32.1. The number of amides is 2. The summed E-state index contributed by atoms with van der Waals surface area (Å²) in [6, 6.07) is 11.2. The van der Waals surface area contributed by atoms with Crippen LogP contribution in [0, 0.1) is 11.8 Å². The van der Waals surface area contributed by atoms with Crippen LogP contribution in [0.25, 0.3) is 0 Å². The molecule has 0 saturated carbocycles. The number of thiophene rings is 1. The van der Waals surface area contributed by atoms with Crippen LogP contribution in [0.1, 0.15) is 24.0 Å². The topological polar surface area (TPSA) is 47.6 Å². The second kappa shape index (κ2) is 8.46. The number of benzene rings is 1. The number of anilines is 1. The van der Waals surface area contributed by atoms with Gasteiger partial charge < -0.3 is 10.6 Å². The van der Waals surface area contributed by atoms with E-state index in [2.05, 4.69) is 44.7 Å². The van der Waals surface area contributed by atoms with Crippen molar-refractivity contribution in [3.63, 3.8) is 0 Å². The highest BCUT2D eigenvalue weighted by molar-refractivity contribution is 7.08. The first-order valence-corrected chi connectivity index (χ1v) is 11.8. The van der Waals surface area contributed by atoms with Crippen LogP contribution in [0.3, 0.4) is 0 Å². The van der Waals surface area contributed by atoms with Gasteiger partial charge in [-0.2, -0.15) is 11.3 Å². The molecule has 2 amide bonds. The summed E-state index contributed by atoms with van der Waals surface area (Å²) in [6.07, 6.45) is 3.71. The lowest BCUT2D eigenvalue weighted by Crippen LogP contribution is -2.58. The Kier molecular flexibility index (Phi) is 5.57. The van der Waals surface area contributed by atoms with E-state index < -0.39 is 0 Å². The number of urea groups is 1. The van der Waals surface area contributed by atoms with Crippen molar-refractivity contribution in [1.29, 1.82) is 0 Å². The molecule has 1 unspecified atom stereocenters. The summed E-state index contributed by atoms with van der Waals surface area (Å²) >= 11 is 1.59. The van der Waals surface area contributed by atoms with Gasteiger partial charge in [0.05, 0.1) is 5.69 Å². The normalized spacial score (nSPS) is 28.7. The second-order valence-electron chi connectivity index (χ2n) is 8.79. The molecule has 1 aromatic heterocycles. The zero-order valence-electron chi connectivity index (χ0n) is 16.8. The Bertz CT molecular complexity index is 839. The SMILES string of the molecule is O=C(NC[C@H]1C[C@@H]2CCN1C[C@@H]2CN1CCc2ccccc2C1)Nc1ccsc1. The average molecular weight is 411 g/mol. The summed E-state index contributed by atoms with van der Waals surface area (Å²) in [5, 5.41) is 9.93. The molecule has 29 heavy (non-hydrogen) atoms. The van der Waals surface area contributed by atoms with Gasteiger partial charge in [-0.15, -0.1) is 0 Å². The molecule has 3 saturated heterocycles. The minimum atomic E-state index is -0.0884. The van der Waals surface area contributed by atoms with Crippen LogP contribution in [-0.2, 0) is 13.0 Å². The van der Waals surface area contributed by atoms with Crippen molar-refractivity contribution in [1.82, 2.24) is 15.1 Å². The van der Waals surface area contributed by atoms with Crippen LogP contribution in [0.4, 0.5) is 10.5 Å². The summed E-state index contributed by atoms with van der Waals surface area (Å²) in [7, 11) is 0. The standard InChI is InChI=1S/C23H30N4OS/c28-23(25-21-7-10-29-16-21)24-12-22-11-18-6-9-27(22)15-20(18)14-26-8-5-17-3-1-2-4-19(17)13-26/h1-4,7,10,16,18,20,22H,5-6,8-9,11-15H2,(H2,24,25,28)/t18-,20-,22+/m0/s1. The van der Waals surface area contributed by atoms with E-state index in [1.807, 2.05) is 16.8 Å². The van der Waals surface area contributed by atoms with E-state index in [1.54, 1.807) is 11.3 Å². The summed E-state index contributed by atoms with van der Waals surface area (Å²) in [5.74, 6) is 1.56. The fourth-order valence-corrected chi connectivity index (χ4v) is 6.02. The molecular weight excluding hydrogens is 380 g/mol. The number of carbonyl (C=O) groups excluding carboxylic acids is 1. The summed E-state index contributed by atoms with van der Waals surface area (Å²) in [4.78, 5) is 17.4. The van der Waals surface area contributed by atoms with Gasteiger partial charge in [-0.1, -0.05) is 24.3 Å². The van der Waals surface area contributed by atoms with E-state index in [0.29, 0.717) is 6.04 Å². The smallest absolute Gasteiger partial charge is 0.319 e. The van der Waals surface area contributed by atoms with Gasteiger partial charge in [0.1, 0.15) is 0 Å². The molecule has 2 N–H and O–H groups in total. The largest absolute Gasteiger partial charge is 0.336 e. The lowest BCUT2D eigenvalue weighted by Gasteiger charge is -2.51. The summed E-state index contributed by atoms with van der Waals surface area (Å²) in [6.45, 7) is 6.62. The summed E-state index contributed by atoms with van der Waals surface area (Å²) in [5.41, 5.74) is 3.92. The molecule has 4 aliphatic rings. The van der Waals surface area contributed by atoms with Crippen molar-refractivity contribution in [3.05, 3.63) is 52.2 Å². The van der Waals surface area contributed by atoms with Crippen LogP contribution in [0.15, 0.2) is 41.1 Å². The molecule has 2 bridgehead atoms. The predicted octanol–water partition coefficient (Wildman–Crippen LogP) is 3.64. The van der Waals surface area contributed by atoms with E-state index in [9.17, 15) is 4.79 Å². The maximum absolute atomic E-state index is 12.1. The Labute approximate surface area is 177 Å². The lowest BCUT2D eigenvalue weighted by atomic mass is 9.75. The number of nitrogens with one attached hydrogen (secondary N) is 2. The van der Waals surface area contributed by atoms with Gasteiger partial charge in [0, 0.05) is 44.1 Å². The molecule has 0 aliphatic carbocycles. The predicted molar refractivity (Wildman–Crippen MR) is 118 cm³/mol. The van der Waals surface area contributed by atoms with Gasteiger partial charge in [0.25, 0.3) is 0 Å². The van der Waals surface area contributed by atoms with Crippen LogP contribution in [-0.4, -0.2) is 54.6 Å². The molecule has 4 aliphatic heterocycles. The van der Waals surface area contributed by atoms with Crippen LogP contribution in [0.5, 0.6) is 0 Å². The Hall–Kier alpha value is -1.89. The fourth-order valence-electron chi connectivity index (χ4n) is 5.43. The quantitative estimate of drug-likeness (QED) is 0.791. The van der Waals surface area contributed by atoms with Crippen LogP contribution < -0.4 is 10.6 Å². The van der Waals surface area contributed by atoms with Crippen molar-refractivity contribution in [3.8, 4) is 0 Å². The van der Waals surface area contributed by atoms with Crippen molar-refractivity contribution in [2.75, 3.05) is 38.0 Å². The Morgan fingerprint density at radius 2 is 2.07 bits per heavy atom. The number of hydrogen-bond donors (Lipinski definition) is 2. The number of fused-ring (bicyclic) bond motifs is 4. The Morgan fingerprint density at radius 3 is 2.86 bits per heavy atom. The molecule has 5 nitrogen and oxygen atoms in total. The first-order chi connectivity index (χ1) is 14.2. The number of hydrogen-bond acceptors (Lipinski definition) is 4. The van der Waals surface area contributed by atoms with Gasteiger partial charge in [0.2, 0.25) is 0 Å². The van der Waals surface area contributed by atoms with Gasteiger partial charge in [-0.3, -0.25) is 9.80 Å². The van der Waals surface area contributed by atoms with Gasteiger partial charge in [-0.25, -0.2) is 4.79 Å². The minimum Gasteiger partial charge on any atom is -0.336 e. The van der Waals surface area contributed by atoms with E-state index in [4.69, 9.17) is 0 Å². The molecule has 1 aromatic carbocycles. The van der Waals surface area contributed by atoms with E-state index in [-0.39, 0.29) is 6.03 Å². The van der Waals surface area contributed by atoms with Gasteiger partial charge in [-0.05, 0) is 60.2 Å². The maximum Gasteiger partial charge on any atom is 0.319 e. The number of rotatable bonds is 5. The zero-order chi connectivity index (χ0) is 19.6. The summed E-state index contributed by atoms with van der Waals surface area (Å²) < 4.78 is 0. The average Bonchev–Trinajstić information content (AvgIpc) is 3.26. The third kappa shape index (κ3) is 4.34. The van der Waals surface area contributed by atoms with E-state index in [0.717, 1.165) is 30.6 Å². The third-order valence-electron chi connectivity index (χ3n) is 6.99. The lowest BCUT2D eigenvalue weighted by molar-refractivity contribution is -0.0124. The molecule has 6 rings (SSSR count). The van der Waals surface area contributed by atoms with Crippen molar-refractivity contribution >= 4 is 23.1 Å². The molecule has 4 atom stereocenters. The Morgan fingerprint density at radius 1 is 1.17 bits per heavy atom. The van der Waals surface area contributed by atoms with Crippen molar-refractivity contribution < 1.29 is 4.79 Å². The molecular formula is C23H30N4OS. The van der Waals surface area contributed by atoms with Crippen molar-refractivity contribution in [2.24, 2.45) is 11.8 Å². The minimum absolute atomic E-state index is 0.0884. The molecule has 5 heterocycles. The van der Waals surface area contributed by atoms with Gasteiger partial charge >= 0.3 is 6.03 Å². The Balaban J connectivity index is 1.11. The number of piperidine rings is 3. The van der Waals surface area contributed by atoms with Crippen molar-refractivity contribution in [2.45, 2.75) is 31.8 Å². The second-order valence-corrected chi connectivity index (χ2v) is 9.57. The first kappa shape index (κ1) is 19.1. The molecule has 6 heteroatoms. The van der Waals surface area contributed by atoms with Gasteiger partial charge in [0.15, 0.2) is 0 Å². The molecule has 2 aromatic rings. The monoisotopic (exact) mass is 410 g/mol. The fraction of sp³-hybridized carbons (Fsp3) is 0.522. The molecule has 3 fully saturated rings. The van der Waals surface area contributed by atoms with Crippen LogP contribution >= 0.6 is 11.3 Å². The highest BCUT2D eigenvalue weighted by Gasteiger charge is 2.40. The molecule has 0 spiro atoms. The molecule has 154 valence electrons. The first-order valence-electron chi connectivity index (χ1n) is 10.8. The van der Waals surface area contributed by atoms with E-state index in [1.165, 1.54) is 56.6 Å². The van der Waals surface area contributed by atoms with E-state index >= 15 is 0 Å². The molecule has 0 radical (unpaired) electrons. The number of carbonyl (C=O) groups is 1. The maximum atomic E-state index is 12.1. The zero-order valence-corrected chi connectivity index (χ0v) is 17.7. The van der Waals surface area contributed by atoms with Crippen LogP contribution in [0.2, 0.25) is 0 Å². The highest BCUT2D eigenvalue weighted by Crippen LogP contribution is 2.37. The number of nitrogens with zero attached hydrogens (tertiary/aromatic N) is 2. The third-order valence-corrected chi connectivity index (χ3v) is 7.68.